The Morgan fingerprint density at radius 2 is 2.28 bits per heavy atom. The van der Waals surface area contributed by atoms with E-state index in [0.717, 1.165) is 17.3 Å². The van der Waals surface area contributed by atoms with Crippen LogP contribution >= 0.6 is 27.3 Å². The molecule has 0 aromatic carbocycles. The van der Waals surface area contributed by atoms with Gasteiger partial charge in [0.05, 0.1) is 6.04 Å². The molecule has 100 valence electrons. The van der Waals surface area contributed by atoms with Crippen LogP contribution in [0.25, 0.3) is 0 Å². The zero-order chi connectivity index (χ0) is 13.3. The van der Waals surface area contributed by atoms with E-state index in [9.17, 15) is 4.79 Å². The van der Waals surface area contributed by atoms with Gasteiger partial charge < -0.3 is 10.6 Å². The van der Waals surface area contributed by atoms with Gasteiger partial charge in [-0.2, -0.15) is 0 Å². The van der Waals surface area contributed by atoms with Crippen LogP contribution in [-0.4, -0.2) is 22.9 Å². The van der Waals surface area contributed by atoms with Crippen molar-refractivity contribution in [3.05, 3.63) is 20.8 Å². The molecule has 2 N–H and O–H groups in total. The zero-order valence-electron chi connectivity index (χ0n) is 10.7. The molecular formula is C13H19BrN2OS. The molecule has 1 fully saturated rings. The Hall–Kier alpha value is -0.390. The molecule has 0 aliphatic carbocycles. The molecule has 0 saturated carbocycles. The molecule has 18 heavy (non-hydrogen) atoms. The van der Waals surface area contributed by atoms with Gasteiger partial charge in [-0.05, 0) is 48.7 Å². The maximum Gasteiger partial charge on any atom is 0.223 e. The fourth-order valence-electron chi connectivity index (χ4n) is 2.58. The predicted octanol–water partition coefficient (Wildman–Crippen LogP) is 3.30. The van der Waals surface area contributed by atoms with Crippen LogP contribution in [0, 0.1) is 0 Å². The molecule has 2 heterocycles. The largest absolute Gasteiger partial charge is 0.331 e. The van der Waals surface area contributed by atoms with Crippen molar-refractivity contribution in [2.75, 3.05) is 0 Å². The number of hydrogen-bond acceptors (Lipinski definition) is 3. The molecule has 0 radical (unpaired) electrons. The predicted molar refractivity (Wildman–Crippen MR) is 78.6 cm³/mol. The normalized spacial score (nSPS) is 25.6. The van der Waals surface area contributed by atoms with Crippen molar-refractivity contribution in [1.29, 1.82) is 0 Å². The van der Waals surface area contributed by atoms with E-state index in [1.165, 1.54) is 4.88 Å². The van der Waals surface area contributed by atoms with E-state index in [4.69, 9.17) is 5.73 Å². The number of thiophene rings is 1. The molecule has 1 amide bonds. The van der Waals surface area contributed by atoms with Crippen molar-refractivity contribution in [3.8, 4) is 0 Å². The SMILES string of the molecule is CC(C)N1C(=O)CCCC(N)C1c1cc(Br)cs1. The fraction of sp³-hybridized carbons (Fsp3) is 0.615. The van der Waals surface area contributed by atoms with E-state index in [1.54, 1.807) is 11.3 Å². The average molecular weight is 331 g/mol. The first-order valence-corrected chi connectivity index (χ1v) is 7.98. The Bertz CT molecular complexity index is 432. The Morgan fingerprint density at radius 3 is 2.83 bits per heavy atom. The molecule has 1 aliphatic heterocycles. The van der Waals surface area contributed by atoms with E-state index >= 15 is 0 Å². The number of halogens is 1. The number of likely N-dealkylation sites (tertiary alicyclic amines) is 1. The highest BCUT2D eigenvalue weighted by Gasteiger charge is 2.35. The maximum absolute atomic E-state index is 12.3. The Kier molecular flexibility index (Phi) is 4.45. The molecule has 1 aliphatic rings. The quantitative estimate of drug-likeness (QED) is 0.904. The first-order valence-electron chi connectivity index (χ1n) is 6.31. The summed E-state index contributed by atoms with van der Waals surface area (Å²) in [6.07, 6.45) is 2.43. The van der Waals surface area contributed by atoms with Gasteiger partial charge in [0, 0.05) is 33.2 Å². The van der Waals surface area contributed by atoms with Crippen molar-refractivity contribution in [3.63, 3.8) is 0 Å². The molecule has 0 spiro atoms. The lowest BCUT2D eigenvalue weighted by molar-refractivity contribution is -0.135. The van der Waals surface area contributed by atoms with E-state index in [-0.39, 0.29) is 24.0 Å². The van der Waals surface area contributed by atoms with Gasteiger partial charge in [0.2, 0.25) is 5.91 Å². The molecule has 3 nitrogen and oxygen atoms in total. The Labute approximate surface area is 120 Å². The average Bonchev–Trinajstić information content (AvgIpc) is 2.64. The number of nitrogens with zero attached hydrogens (tertiary/aromatic N) is 1. The summed E-state index contributed by atoms with van der Waals surface area (Å²) in [4.78, 5) is 15.4. The molecule has 2 rings (SSSR count). The third-order valence-corrected chi connectivity index (χ3v) is 5.12. The minimum atomic E-state index is 0.0244. The van der Waals surface area contributed by atoms with Crippen molar-refractivity contribution < 1.29 is 4.79 Å². The van der Waals surface area contributed by atoms with E-state index in [2.05, 4.69) is 41.2 Å². The molecular weight excluding hydrogens is 312 g/mol. The Morgan fingerprint density at radius 1 is 1.56 bits per heavy atom. The number of rotatable bonds is 2. The van der Waals surface area contributed by atoms with E-state index < -0.39 is 0 Å². The van der Waals surface area contributed by atoms with Crippen molar-refractivity contribution in [2.45, 2.75) is 51.2 Å². The highest BCUT2D eigenvalue weighted by Crippen LogP contribution is 2.36. The van der Waals surface area contributed by atoms with E-state index in [1.807, 2.05) is 4.90 Å². The van der Waals surface area contributed by atoms with E-state index in [0.29, 0.717) is 6.42 Å². The monoisotopic (exact) mass is 330 g/mol. The summed E-state index contributed by atoms with van der Waals surface area (Å²) in [5, 5.41) is 2.05. The second kappa shape index (κ2) is 5.72. The van der Waals surface area contributed by atoms with Gasteiger partial charge in [0.1, 0.15) is 0 Å². The Balaban J connectivity index is 2.38. The summed E-state index contributed by atoms with van der Waals surface area (Å²) in [5.74, 6) is 0.229. The van der Waals surface area contributed by atoms with Gasteiger partial charge in [-0.3, -0.25) is 4.79 Å². The van der Waals surface area contributed by atoms with Crippen molar-refractivity contribution >= 4 is 33.2 Å². The van der Waals surface area contributed by atoms with Gasteiger partial charge >= 0.3 is 0 Å². The molecule has 2 unspecified atom stereocenters. The molecule has 1 saturated heterocycles. The zero-order valence-corrected chi connectivity index (χ0v) is 13.1. The first-order chi connectivity index (χ1) is 8.50. The third kappa shape index (κ3) is 2.78. The minimum absolute atomic E-state index is 0.0244. The number of carbonyl (C=O) groups is 1. The first kappa shape index (κ1) is 14.0. The second-order valence-corrected chi connectivity index (χ2v) is 6.92. The number of hydrogen-bond donors (Lipinski definition) is 1. The molecule has 5 heteroatoms. The van der Waals surface area contributed by atoms with Crippen LogP contribution in [0.3, 0.4) is 0 Å². The van der Waals surface area contributed by atoms with Crippen molar-refractivity contribution in [1.82, 2.24) is 4.90 Å². The summed E-state index contributed by atoms with van der Waals surface area (Å²) >= 11 is 5.15. The molecule has 1 aromatic heterocycles. The lowest BCUT2D eigenvalue weighted by atomic mass is 10.0. The van der Waals surface area contributed by atoms with Crippen LogP contribution in [0.4, 0.5) is 0 Å². The van der Waals surface area contributed by atoms with Gasteiger partial charge in [-0.25, -0.2) is 0 Å². The second-order valence-electron chi connectivity index (χ2n) is 5.06. The maximum atomic E-state index is 12.3. The highest BCUT2D eigenvalue weighted by molar-refractivity contribution is 9.10. The van der Waals surface area contributed by atoms with Crippen LogP contribution in [0.1, 0.15) is 44.0 Å². The molecule has 0 bridgehead atoms. The van der Waals surface area contributed by atoms with Gasteiger partial charge in [-0.15, -0.1) is 11.3 Å². The topological polar surface area (TPSA) is 46.3 Å². The number of carbonyl (C=O) groups excluding carboxylic acids is 1. The number of nitrogens with two attached hydrogens (primary N) is 1. The lowest BCUT2D eigenvalue weighted by Gasteiger charge is -2.36. The summed E-state index contributed by atoms with van der Waals surface area (Å²) < 4.78 is 1.06. The molecule has 1 aromatic rings. The van der Waals surface area contributed by atoms with Gasteiger partial charge in [-0.1, -0.05) is 0 Å². The van der Waals surface area contributed by atoms with Gasteiger partial charge in [0.25, 0.3) is 0 Å². The van der Waals surface area contributed by atoms with Crippen LogP contribution < -0.4 is 5.73 Å². The van der Waals surface area contributed by atoms with Crippen molar-refractivity contribution in [2.24, 2.45) is 5.73 Å². The van der Waals surface area contributed by atoms with Crippen LogP contribution in [0.2, 0.25) is 0 Å². The standard InChI is InChI=1S/C13H19BrN2OS/c1-8(2)16-12(17)5-3-4-10(15)13(16)11-6-9(14)7-18-11/h6-8,10,13H,3-5,15H2,1-2H3. The summed E-state index contributed by atoms with van der Waals surface area (Å²) in [6, 6.07) is 2.33. The summed E-state index contributed by atoms with van der Waals surface area (Å²) in [7, 11) is 0. The minimum Gasteiger partial charge on any atom is -0.331 e. The van der Waals surface area contributed by atoms with Crippen LogP contribution in [0.5, 0.6) is 0 Å². The highest BCUT2D eigenvalue weighted by atomic mass is 79.9. The smallest absolute Gasteiger partial charge is 0.223 e. The molecule has 2 atom stereocenters. The van der Waals surface area contributed by atoms with Crippen LogP contribution in [0.15, 0.2) is 15.9 Å². The summed E-state index contributed by atoms with van der Waals surface area (Å²) in [6.45, 7) is 4.12. The van der Waals surface area contributed by atoms with Gasteiger partial charge in [0.15, 0.2) is 0 Å². The van der Waals surface area contributed by atoms with Crippen LogP contribution in [-0.2, 0) is 4.79 Å². The third-order valence-electron chi connectivity index (χ3n) is 3.36. The summed E-state index contributed by atoms with van der Waals surface area (Å²) in [5.41, 5.74) is 6.31. The lowest BCUT2D eigenvalue weighted by Crippen LogP contribution is -2.45. The fourth-order valence-corrected chi connectivity index (χ4v) is 4.20. The number of amides is 1.